The van der Waals surface area contributed by atoms with Crippen molar-refractivity contribution < 1.29 is 0 Å². The summed E-state index contributed by atoms with van der Waals surface area (Å²) in [6.45, 7) is 3.94. The van der Waals surface area contributed by atoms with Crippen molar-refractivity contribution in [2.24, 2.45) is 5.73 Å². The molecule has 0 radical (unpaired) electrons. The van der Waals surface area contributed by atoms with Gasteiger partial charge in [0.25, 0.3) is 0 Å². The average Bonchev–Trinajstić information content (AvgIpc) is 2.03. The van der Waals surface area contributed by atoms with Gasteiger partial charge >= 0.3 is 0 Å². The molecule has 0 aliphatic heterocycles. The van der Waals surface area contributed by atoms with Crippen LogP contribution in [-0.2, 0) is 0 Å². The van der Waals surface area contributed by atoms with E-state index >= 15 is 0 Å². The standard InChI is InChI=1S/C10H12N2/c1-7-4-3-5-8(2)10(7)9(12)6-11/h3-5,9H,12H2,1-2H3. The number of benzene rings is 1. The Hall–Kier alpha value is -1.33. The summed E-state index contributed by atoms with van der Waals surface area (Å²) in [5, 5.41) is 8.66. The van der Waals surface area contributed by atoms with Gasteiger partial charge < -0.3 is 5.73 Å². The number of hydrogen-bond acceptors (Lipinski definition) is 2. The Balaban J connectivity index is 3.23. The lowest BCUT2D eigenvalue weighted by molar-refractivity contribution is 0.901. The summed E-state index contributed by atoms with van der Waals surface area (Å²) in [5.41, 5.74) is 8.77. The number of hydrogen-bond donors (Lipinski definition) is 1. The predicted molar refractivity (Wildman–Crippen MR) is 48.5 cm³/mol. The molecule has 0 amide bonds. The molecule has 1 aromatic carbocycles. The van der Waals surface area contributed by atoms with Crippen molar-refractivity contribution in [3.63, 3.8) is 0 Å². The molecule has 2 heteroatoms. The minimum Gasteiger partial charge on any atom is -0.312 e. The van der Waals surface area contributed by atoms with E-state index in [0.29, 0.717) is 0 Å². The van der Waals surface area contributed by atoms with Gasteiger partial charge in [-0.15, -0.1) is 0 Å². The lowest BCUT2D eigenvalue weighted by Crippen LogP contribution is -2.10. The van der Waals surface area contributed by atoms with Gasteiger partial charge in [-0.25, -0.2) is 0 Å². The van der Waals surface area contributed by atoms with Crippen molar-refractivity contribution in [1.82, 2.24) is 0 Å². The van der Waals surface area contributed by atoms with Crippen LogP contribution in [0.15, 0.2) is 18.2 Å². The second-order valence-electron chi connectivity index (χ2n) is 2.91. The fourth-order valence-corrected chi connectivity index (χ4v) is 1.38. The van der Waals surface area contributed by atoms with Gasteiger partial charge in [0.05, 0.1) is 6.07 Å². The number of nitrogens with zero attached hydrogens (tertiary/aromatic N) is 1. The molecule has 1 atom stereocenters. The van der Waals surface area contributed by atoms with Crippen LogP contribution < -0.4 is 5.73 Å². The van der Waals surface area contributed by atoms with Crippen molar-refractivity contribution >= 4 is 0 Å². The zero-order valence-electron chi connectivity index (χ0n) is 7.33. The van der Waals surface area contributed by atoms with Crippen molar-refractivity contribution in [2.45, 2.75) is 19.9 Å². The molecule has 1 rings (SSSR count). The third-order valence-corrected chi connectivity index (χ3v) is 1.99. The molecule has 12 heavy (non-hydrogen) atoms. The summed E-state index contributed by atoms with van der Waals surface area (Å²) in [6.07, 6.45) is 0. The molecule has 0 saturated heterocycles. The maximum atomic E-state index is 8.66. The third-order valence-electron chi connectivity index (χ3n) is 1.99. The Morgan fingerprint density at radius 1 is 1.33 bits per heavy atom. The van der Waals surface area contributed by atoms with Gasteiger partial charge in [-0.1, -0.05) is 18.2 Å². The van der Waals surface area contributed by atoms with Crippen molar-refractivity contribution in [1.29, 1.82) is 5.26 Å². The van der Waals surface area contributed by atoms with Crippen LogP contribution in [0, 0.1) is 25.2 Å². The number of rotatable bonds is 1. The summed E-state index contributed by atoms with van der Waals surface area (Å²) >= 11 is 0. The second-order valence-corrected chi connectivity index (χ2v) is 2.91. The molecule has 0 saturated carbocycles. The fraction of sp³-hybridized carbons (Fsp3) is 0.300. The van der Waals surface area contributed by atoms with E-state index in [1.807, 2.05) is 38.1 Å². The number of nitriles is 1. The van der Waals surface area contributed by atoms with Gasteiger partial charge in [-0.3, -0.25) is 0 Å². The van der Waals surface area contributed by atoms with Gasteiger partial charge in [-0.05, 0) is 30.5 Å². The van der Waals surface area contributed by atoms with Crippen LogP contribution in [0.25, 0.3) is 0 Å². The number of nitrogens with two attached hydrogens (primary N) is 1. The third kappa shape index (κ3) is 1.46. The molecule has 1 aromatic rings. The summed E-state index contributed by atoms with van der Waals surface area (Å²) in [7, 11) is 0. The lowest BCUT2D eigenvalue weighted by atomic mass is 9.98. The van der Waals surface area contributed by atoms with Gasteiger partial charge in [0.2, 0.25) is 0 Å². The molecule has 0 aliphatic carbocycles. The van der Waals surface area contributed by atoms with Gasteiger partial charge in [0.1, 0.15) is 6.04 Å². The molecule has 0 spiro atoms. The van der Waals surface area contributed by atoms with E-state index in [1.54, 1.807) is 0 Å². The zero-order valence-corrected chi connectivity index (χ0v) is 7.33. The molecule has 1 unspecified atom stereocenters. The van der Waals surface area contributed by atoms with Gasteiger partial charge in [0.15, 0.2) is 0 Å². The summed E-state index contributed by atoms with van der Waals surface area (Å²) < 4.78 is 0. The van der Waals surface area contributed by atoms with E-state index in [2.05, 4.69) is 0 Å². The van der Waals surface area contributed by atoms with Crippen LogP contribution >= 0.6 is 0 Å². The Morgan fingerprint density at radius 3 is 2.25 bits per heavy atom. The van der Waals surface area contributed by atoms with Crippen LogP contribution in [0.2, 0.25) is 0 Å². The lowest BCUT2D eigenvalue weighted by Gasteiger charge is -2.10. The van der Waals surface area contributed by atoms with Crippen LogP contribution in [0.1, 0.15) is 22.7 Å². The van der Waals surface area contributed by atoms with Crippen molar-refractivity contribution in [3.05, 3.63) is 34.9 Å². The van der Waals surface area contributed by atoms with E-state index < -0.39 is 6.04 Å². The zero-order chi connectivity index (χ0) is 9.14. The molecule has 0 heterocycles. The highest BCUT2D eigenvalue weighted by atomic mass is 14.6. The highest BCUT2D eigenvalue weighted by Gasteiger charge is 2.09. The Labute approximate surface area is 72.6 Å². The molecule has 0 bridgehead atoms. The van der Waals surface area contributed by atoms with E-state index in [4.69, 9.17) is 11.0 Å². The quantitative estimate of drug-likeness (QED) is 0.681. The van der Waals surface area contributed by atoms with Gasteiger partial charge in [-0.2, -0.15) is 5.26 Å². The Bertz CT molecular complexity index is 303. The summed E-state index contributed by atoms with van der Waals surface area (Å²) in [4.78, 5) is 0. The minimum absolute atomic E-state index is 0.494. The minimum atomic E-state index is -0.494. The Kier molecular flexibility index (Phi) is 2.47. The smallest absolute Gasteiger partial charge is 0.119 e. The molecule has 2 nitrogen and oxygen atoms in total. The maximum absolute atomic E-state index is 8.66. The molecule has 62 valence electrons. The Morgan fingerprint density at radius 2 is 1.83 bits per heavy atom. The fourth-order valence-electron chi connectivity index (χ4n) is 1.38. The normalized spacial score (nSPS) is 12.2. The van der Waals surface area contributed by atoms with Crippen LogP contribution in [0.5, 0.6) is 0 Å². The first-order valence-corrected chi connectivity index (χ1v) is 3.88. The predicted octanol–water partition coefficient (Wildman–Crippen LogP) is 1.83. The molecule has 0 fully saturated rings. The second kappa shape index (κ2) is 3.38. The maximum Gasteiger partial charge on any atom is 0.119 e. The van der Waals surface area contributed by atoms with Crippen molar-refractivity contribution in [2.75, 3.05) is 0 Å². The first kappa shape index (κ1) is 8.76. The average molecular weight is 160 g/mol. The van der Waals surface area contributed by atoms with E-state index in [1.165, 1.54) is 0 Å². The molecule has 0 aromatic heterocycles. The SMILES string of the molecule is Cc1cccc(C)c1C(N)C#N. The first-order chi connectivity index (χ1) is 5.66. The van der Waals surface area contributed by atoms with E-state index in [9.17, 15) is 0 Å². The highest BCUT2D eigenvalue weighted by Crippen LogP contribution is 2.18. The van der Waals surface area contributed by atoms with Crippen LogP contribution in [0.4, 0.5) is 0 Å². The monoisotopic (exact) mass is 160 g/mol. The van der Waals surface area contributed by atoms with Gasteiger partial charge in [0, 0.05) is 0 Å². The van der Waals surface area contributed by atoms with E-state index in [-0.39, 0.29) is 0 Å². The van der Waals surface area contributed by atoms with E-state index in [0.717, 1.165) is 16.7 Å². The number of aryl methyl sites for hydroxylation is 2. The highest BCUT2D eigenvalue weighted by molar-refractivity contribution is 5.38. The molecular formula is C10H12N2. The summed E-state index contributed by atoms with van der Waals surface area (Å²) in [5.74, 6) is 0. The largest absolute Gasteiger partial charge is 0.312 e. The first-order valence-electron chi connectivity index (χ1n) is 3.88. The molecular weight excluding hydrogens is 148 g/mol. The summed E-state index contributed by atoms with van der Waals surface area (Å²) in [6, 6.07) is 7.46. The van der Waals surface area contributed by atoms with Crippen molar-refractivity contribution in [3.8, 4) is 6.07 Å². The molecule has 2 N–H and O–H groups in total. The molecule has 0 aliphatic rings. The topological polar surface area (TPSA) is 49.8 Å². The van der Waals surface area contributed by atoms with Crippen LogP contribution in [0.3, 0.4) is 0 Å². The van der Waals surface area contributed by atoms with Crippen LogP contribution in [-0.4, -0.2) is 0 Å².